The molecular weight excluding hydrogens is 232 g/mol. The number of aromatic nitrogens is 3. The van der Waals surface area contributed by atoms with Gasteiger partial charge in [0, 0.05) is 18.9 Å². The lowest BCUT2D eigenvalue weighted by Crippen LogP contribution is -2.09. The van der Waals surface area contributed by atoms with Crippen molar-refractivity contribution in [3.63, 3.8) is 0 Å². The highest BCUT2D eigenvalue weighted by Gasteiger charge is 2.15. The van der Waals surface area contributed by atoms with Gasteiger partial charge in [0.25, 0.3) is 0 Å². The summed E-state index contributed by atoms with van der Waals surface area (Å²) in [7, 11) is 1.30. The van der Waals surface area contributed by atoms with Crippen molar-refractivity contribution in [1.82, 2.24) is 14.5 Å². The number of ether oxygens (including phenoxy) is 1. The van der Waals surface area contributed by atoms with Gasteiger partial charge in [-0.25, -0.2) is 9.78 Å². The lowest BCUT2D eigenvalue weighted by atomic mass is 10.2. The Morgan fingerprint density at radius 1 is 1.56 bits per heavy atom. The average molecular weight is 246 g/mol. The summed E-state index contributed by atoms with van der Waals surface area (Å²) in [5.74, 6) is -0.196. The summed E-state index contributed by atoms with van der Waals surface area (Å²) in [6.45, 7) is 0.640. The molecule has 0 saturated heterocycles. The Kier molecular flexibility index (Phi) is 3.57. The van der Waals surface area contributed by atoms with Gasteiger partial charge in [0.15, 0.2) is 5.69 Å². The Morgan fingerprint density at radius 2 is 2.39 bits per heavy atom. The van der Waals surface area contributed by atoms with E-state index in [0.717, 1.165) is 12.0 Å². The largest absolute Gasteiger partial charge is 0.464 e. The van der Waals surface area contributed by atoms with E-state index < -0.39 is 5.97 Å². The first-order valence-corrected chi connectivity index (χ1v) is 5.50. The van der Waals surface area contributed by atoms with Crippen LogP contribution in [0.5, 0.6) is 0 Å². The van der Waals surface area contributed by atoms with Crippen molar-refractivity contribution in [3.05, 3.63) is 42.1 Å². The number of aryl methyl sites for hydroxylation is 2. The number of carbonyl (C=O) groups is 1. The lowest BCUT2D eigenvalue weighted by Gasteiger charge is -2.05. The van der Waals surface area contributed by atoms with Crippen LogP contribution in [0.3, 0.4) is 0 Å². The van der Waals surface area contributed by atoms with Crippen molar-refractivity contribution in [3.8, 4) is 0 Å². The van der Waals surface area contributed by atoms with Gasteiger partial charge >= 0.3 is 5.97 Å². The normalized spacial score (nSPS) is 10.3. The first kappa shape index (κ1) is 12.1. The van der Waals surface area contributed by atoms with Crippen LogP contribution in [0.25, 0.3) is 0 Å². The molecule has 6 nitrogen and oxygen atoms in total. The third kappa shape index (κ3) is 2.48. The van der Waals surface area contributed by atoms with E-state index in [0.29, 0.717) is 12.4 Å². The number of nitrogens with two attached hydrogens (primary N) is 1. The van der Waals surface area contributed by atoms with Gasteiger partial charge in [-0.3, -0.25) is 4.98 Å². The van der Waals surface area contributed by atoms with Crippen LogP contribution in [-0.2, 0) is 17.7 Å². The number of nitrogens with zero attached hydrogens (tertiary/aromatic N) is 3. The van der Waals surface area contributed by atoms with Crippen LogP contribution in [0, 0.1) is 0 Å². The molecule has 0 aliphatic heterocycles. The number of methoxy groups -OCH3 is 1. The fourth-order valence-electron chi connectivity index (χ4n) is 1.62. The van der Waals surface area contributed by atoms with Crippen LogP contribution < -0.4 is 5.73 Å². The molecule has 0 atom stereocenters. The van der Waals surface area contributed by atoms with E-state index in [1.807, 2.05) is 12.1 Å². The molecule has 0 aliphatic rings. The number of imidazole rings is 1. The molecular formula is C12H14N4O2. The van der Waals surface area contributed by atoms with Crippen LogP contribution in [-0.4, -0.2) is 27.6 Å². The number of anilines is 1. The third-order valence-corrected chi connectivity index (χ3v) is 2.62. The van der Waals surface area contributed by atoms with E-state index in [1.165, 1.54) is 13.4 Å². The van der Waals surface area contributed by atoms with Gasteiger partial charge in [-0.1, -0.05) is 6.07 Å². The Balaban J connectivity index is 2.07. The van der Waals surface area contributed by atoms with Gasteiger partial charge in [0.05, 0.1) is 13.4 Å². The van der Waals surface area contributed by atoms with Gasteiger partial charge in [-0.15, -0.1) is 0 Å². The summed E-state index contributed by atoms with van der Waals surface area (Å²) < 4.78 is 6.31. The smallest absolute Gasteiger partial charge is 0.360 e. The predicted molar refractivity (Wildman–Crippen MR) is 65.9 cm³/mol. The van der Waals surface area contributed by atoms with Crippen LogP contribution in [0.1, 0.15) is 16.1 Å². The van der Waals surface area contributed by atoms with Gasteiger partial charge in [0.1, 0.15) is 5.82 Å². The summed E-state index contributed by atoms with van der Waals surface area (Å²) in [5.41, 5.74) is 7.09. The molecule has 6 heteroatoms. The van der Waals surface area contributed by atoms with E-state index >= 15 is 0 Å². The zero-order valence-electron chi connectivity index (χ0n) is 10.0. The monoisotopic (exact) mass is 246 g/mol. The first-order chi connectivity index (χ1) is 8.72. The van der Waals surface area contributed by atoms with Crippen molar-refractivity contribution < 1.29 is 9.53 Å². The van der Waals surface area contributed by atoms with Crippen LogP contribution in [0.15, 0.2) is 30.9 Å². The molecule has 2 aromatic rings. The van der Waals surface area contributed by atoms with Crippen LogP contribution in [0.4, 0.5) is 5.82 Å². The van der Waals surface area contributed by atoms with Crippen molar-refractivity contribution in [1.29, 1.82) is 0 Å². The SMILES string of the molecule is COC(=O)c1ncn(CCc2cccnc2)c1N. The molecule has 18 heavy (non-hydrogen) atoms. The minimum Gasteiger partial charge on any atom is -0.464 e. The number of pyridine rings is 1. The van der Waals surface area contributed by atoms with Crippen molar-refractivity contribution in [2.24, 2.45) is 0 Å². The average Bonchev–Trinajstić information content (AvgIpc) is 2.78. The minimum absolute atomic E-state index is 0.156. The second kappa shape index (κ2) is 5.31. The number of hydrogen-bond acceptors (Lipinski definition) is 5. The molecule has 0 unspecified atom stereocenters. The van der Waals surface area contributed by atoms with Crippen molar-refractivity contribution >= 4 is 11.8 Å². The maximum Gasteiger partial charge on any atom is 0.360 e. The Labute approximate surface area is 104 Å². The molecule has 2 N–H and O–H groups in total. The van der Waals surface area contributed by atoms with E-state index in [1.54, 1.807) is 17.0 Å². The molecule has 2 rings (SSSR count). The highest BCUT2D eigenvalue weighted by molar-refractivity contribution is 5.91. The minimum atomic E-state index is -0.521. The zero-order valence-corrected chi connectivity index (χ0v) is 10.0. The van der Waals surface area contributed by atoms with Gasteiger partial charge in [0.2, 0.25) is 0 Å². The van der Waals surface area contributed by atoms with E-state index in [2.05, 4.69) is 14.7 Å². The predicted octanol–water partition coefficient (Wildman–Crippen LogP) is 0.890. The molecule has 0 bridgehead atoms. The third-order valence-electron chi connectivity index (χ3n) is 2.62. The van der Waals surface area contributed by atoms with Crippen LogP contribution in [0.2, 0.25) is 0 Å². The molecule has 2 heterocycles. The van der Waals surface area contributed by atoms with E-state index in [4.69, 9.17) is 5.73 Å². The van der Waals surface area contributed by atoms with Crippen molar-refractivity contribution in [2.45, 2.75) is 13.0 Å². The summed E-state index contributed by atoms with van der Waals surface area (Å²) in [5, 5.41) is 0. The molecule has 0 spiro atoms. The quantitative estimate of drug-likeness (QED) is 0.810. The maximum atomic E-state index is 11.3. The van der Waals surface area contributed by atoms with Gasteiger partial charge in [-0.2, -0.15) is 0 Å². The molecule has 0 fully saturated rings. The second-order valence-corrected chi connectivity index (χ2v) is 3.77. The molecule has 94 valence electrons. The van der Waals surface area contributed by atoms with Crippen LogP contribution >= 0.6 is 0 Å². The maximum absolute atomic E-state index is 11.3. The molecule has 0 aromatic carbocycles. The summed E-state index contributed by atoms with van der Waals surface area (Å²) in [6.07, 6.45) is 5.84. The Morgan fingerprint density at radius 3 is 3.06 bits per heavy atom. The molecule has 2 aromatic heterocycles. The molecule has 0 radical (unpaired) electrons. The van der Waals surface area contributed by atoms with E-state index in [-0.39, 0.29) is 5.69 Å². The second-order valence-electron chi connectivity index (χ2n) is 3.77. The fraction of sp³-hybridized carbons (Fsp3) is 0.250. The highest BCUT2D eigenvalue weighted by atomic mass is 16.5. The summed E-state index contributed by atoms with van der Waals surface area (Å²) >= 11 is 0. The Bertz CT molecular complexity index is 536. The number of rotatable bonds is 4. The number of nitrogen functional groups attached to an aromatic ring is 1. The summed E-state index contributed by atoms with van der Waals surface area (Å²) in [4.78, 5) is 19.3. The molecule has 0 aliphatic carbocycles. The van der Waals surface area contributed by atoms with Crippen molar-refractivity contribution in [2.75, 3.05) is 12.8 Å². The first-order valence-electron chi connectivity index (χ1n) is 5.50. The number of carbonyl (C=O) groups excluding carboxylic acids is 1. The standard InChI is InChI=1S/C12H14N4O2/c1-18-12(17)10-11(13)16(8-15-10)6-4-9-3-2-5-14-7-9/h2-3,5,7-8H,4,6,13H2,1H3. The molecule has 0 saturated carbocycles. The van der Waals surface area contributed by atoms with Gasteiger partial charge in [-0.05, 0) is 18.1 Å². The van der Waals surface area contributed by atoms with Gasteiger partial charge < -0.3 is 15.0 Å². The topological polar surface area (TPSA) is 83.0 Å². The van der Waals surface area contributed by atoms with E-state index in [9.17, 15) is 4.79 Å². The highest BCUT2D eigenvalue weighted by Crippen LogP contribution is 2.12. The summed E-state index contributed by atoms with van der Waals surface area (Å²) in [6, 6.07) is 3.87. The Hall–Kier alpha value is -2.37. The fourth-order valence-corrected chi connectivity index (χ4v) is 1.62. The number of esters is 1. The number of hydrogen-bond donors (Lipinski definition) is 1. The lowest BCUT2D eigenvalue weighted by molar-refractivity contribution is 0.0596. The zero-order chi connectivity index (χ0) is 13.0. The molecule has 0 amide bonds.